The Kier molecular flexibility index (Phi) is 4.96. The van der Waals surface area contributed by atoms with Crippen LogP contribution in [0, 0.1) is 0 Å². The van der Waals surface area contributed by atoms with Gasteiger partial charge in [0.2, 0.25) is 5.89 Å². The van der Waals surface area contributed by atoms with E-state index < -0.39 is 0 Å². The zero-order chi connectivity index (χ0) is 16.1. The van der Waals surface area contributed by atoms with Crippen molar-refractivity contribution in [2.75, 3.05) is 7.11 Å². The summed E-state index contributed by atoms with van der Waals surface area (Å²) in [6, 6.07) is 14.0. The molecule has 120 valence electrons. The second-order valence-corrected chi connectivity index (χ2v) is 5.79. The van der Waals surface area contributed by atoms with Crippen molar-refractivity contribution >= 4 is 11.1 Å². The molecule has 0 bridgehead atoms. The van der Waals surface area contributed by atoms with E-state index in [-0.39, 0.29) is 0 Å². The lowest BCUT2D eigenvalue weighted by Crippen LogP contribution is -1.95. The first-order chi connectivity index (χ1) is 11.3. The summed E-state index contributed by atoms with van der Waals surface area (Å²) in [6.07, 6.45) is 5.97. The number of aryl methyl sites for hydroxylation is 1. The number of para-hydroxylation sites is 2. The number of ether oxygens (including phenoxy) is 1. The van der Waals surface area contributed by atoms with Crippen LogP contribution in [0.2, 0.25) is 0 Å². The van der Waals surface area contributed by atoms with Gasteiger partial charge >= 0.3 is 0 Å². The van der Waals surface area contributed by atoms with Gasteiger partial charge < -0.3 is 9.15 Å². The van der Waals surface area contributed by atoms with Gasteiger partial charge in [-0.25, -0.2) is 4.98 Å². The van der Waals surface area contributed by atoms with Crippen LogP contribution in [0.3, 0.4) is 0 Å². The van der Waals surface area contributed by atoms with Crippen molar-refractivity contribution in [3.05, 3.63) is 48.0 Å². The monoisotopic (exact) mass is 309 g/mol. The van der Waals surface area contributed by atoms with Crippen LogP contribution < -0.4 is 4.74 Å². The summed E-state index contributed by atoms with van der Waals surface area (Å²) in [7, 11) is 1.70. The smallest absolute Gasteiger partial charge is 0.231 e. The van der Waals surface area contributed by atoms with Gasteiger partial charge in [0.05, 0.1) is 12.7 Å². The first-order valence-corrected chi connectivity index (χ1v) is 8.35. The number of fused-ring (bicyclic) bond motifs is 1. The standard InChI is InChI=1S/C20H23NO2/c1-3-4-5-6-10-15-11-9-14-18(22-2)19(15)20-21-16-12-7-8-13-17(16)23-20/h7-9,11-14H,3-6,10H2,1-2H3. The normalized spacial score (nSPS) is 11.0. The summed E-state index contributed by atoms with van der Waals surface area (Å²) >= 11 is 0. The number of unbranched alkanes of at least 4 members (excludes halogenated alkanes) is 3. The van der Waals surface area contributed by atoms with Gasteiger partial charge in [-0.2, -0.15) is 0 Å². The SMILES string of the molecule is CCCCCCc1cccc(OC)c1-c1nc2ccccc2o1. The molecular formula is C20H23NO2. The molecule has 0 amide bonds. The summed E-state index contributed by atoms with van der Waals surface area (Å²) in [5.41, 5.74) is 3.92. The predicted octanol–water partition coefficient (Wildman–Crippen LogP) is 5.63. The molecule has 1 aromatic heterocycles. The van der Waals surface area contributed by atoms with Crippen LogP contribution in [0.1, 0.15) is 38.2 Å². The van der Waals surface area contributed by atoms with E-state index in [1.807, 2.05) is 36.4 Å². The first kappa shape index (κ1) is 15.6. The van der Waals surface area contributed by atoms with Crippen LogP contribution in [0.25, 0.3) is 22.6 Å². The molecule has 0 aliphatic carbocycles. The van der Waals surface area contributed by atoms with E-state index in [1.54, 1.807) is 7.11 Å². The Bertz CT molecular complexity index is 743. The third-order valence-electron chi connectivity index (χ3n) is 4.14. The van der Waals surface area contributed by atoms with Crippen LogP contribution >= 0.6 is 0 Å². The first-order valence-electron chi connectivity index (χ1n) is 8.35. The molecule has 0 saturated heterocycles. The van der Waals surface area contributed by atoms with Crippen molar-refractivity contribution in [3.63, 3.8) is 0 Å². The zero-order valence-electron chi connectivity index (χ0n) is 13.8. The summed E-state index contributed by atoms with van der Waals surface area (Å²) < 4.78 is 11.5. The minimum atomic E-state index is 0.647. The second-order valence-electron chi connectivity index (χ2n) is 5.79. The molecule has 0 fully saturated rings. The fourth-order valence-corrected chi connectivity index (χ4v) is 2.92. The van der Waals surface area contributed by atoms with Crippen LogP contribution in [-0.4, -0.2) is 12.1 Å². The van der Waals surface area contributed by atoms with Gasteiger partial charge in [-0.3, -0.25) is 0 Å². The highest BCUT2D eigenvalue weighted by Crippen LogP contribution is 2.35. The Labute approximate surface area is 137 Å². The highest BCUT2D eigenvalue weighted by atomic mass is 16.5. The van der Waals surface area contributed by atoms with Gasteiger partial charge in [0.15, 0.2) is 5.58 Å². The zero-order valence-corrected chi connectivity index (χ0v) is 13.8. The number of methoxy groups -OCH3 is 1. The van der Waals surface area contributed by atoms with Crippen molar-refractivity contribution in [2.45, 2.75) is 39.0 Å². The Hall–Kier alpha value is -2.29. The van der Waals surface area contributed by atoms with Crippen LogP contribution in [0.5, 0.6) is 5.75 Å². The molecule has 3 heteroatoms. The van der Waals surface area contributed by atoms with E-state index in [4.69, 9.17) is 9.15 Å². The maximum atomic E-state index is 5.97. The van der Waals surface area contributed by atoms with Gasteiger partial charge in [0, 0.05) is 0 Å². The maximum absolute atomic E-state index is 5.97. The Morgan fingerprint density at radius 1 is 1.00 bits per heavy atom. The van der Waals surface area contributed by atoms with Crippen molar-refractivity contribution in [1.82, 2.24) is 4.98 Å². The highest BCUT2D eigenvalue weighted by molar-refractivity contribution is 5.78. The molecule has 3 nitrogen and oxygen atoms in total. The van der Waals surface area contributed by atoms with Gasteiger partial charge in [-0.1, -0.05) is 50.5 Å². The van der Waals surface area contributed by atoms with Crippen molar-refractivity contribution in [3.8, 4) is 17.2 Å². The summed E-state index contributed by atoms with van der Waals surface area (Å²) in [5, 5.41) is 0. The van der Waals surface area contributed by atoms with Gasteiger partial charge in [-0.05, 0) is 36.6 Å². The Balaban J connectivity index is 1.98. The average Bonchev–Trinajstić information content (AvgIpc) is 3.02. The van der Waals surface area contributed by atoms with Gasteiger partial charge in [-0.15, -0.1) is 0 Å². The molecule has 0 spiro atoms. The summed E-state index contributed by atoms with van der Waals surface area (Å²) in [5.74, 6) is 1.47. The Morgan fingerprint density at radius 3 is 2.65 bits per heavy atom. The molecule has 3 aromatic rings. The van der Waals surface area contributed by atoms with Gasteiger partial charge in [0.1, 0.15) is 11.3 Å². The number of benzene rings is 2. The topological polar surface area (TPSA) is 35.3 Å². The highest BCUT2D eigenvalue weighted by Gasteiger charge is 2.17. The molecule has 2 aromatic carbocycles. The molecular weight excluding hydrogens is 286 g/mol. The van der Waals surface area contributed by atoms with Crippen molar-refractivity contribution in [2.24, 2.45) is 0 Å². The minimum absolute atomic E-state index is 0.647. The molecule has 0 aliphatic heterocycles. The largest absolute Gasteiger partial charge is 0.496 e. The number of hydrogen-bond donors (Lipinski definition) is 0. The quantitative estimate of drug-likeness (QED) is 0.531. The number of hydrogen-bond acceptors (Lipinski definition) is 3. The number of oxazole rings is 1. The molecule has 0 radical (unpaired) electrons. The number of rotatable bonds is 7. The fraction of sp³-hybridized carbons (Fsp3) is 0.350. The number of nitrogens with zero attached hydrogens (tertiary/aromatic N) is 1. The molecule has 0 N–H and O–H groups in total. The average molecular weight is 309 g/mol. The lowest BCUT2D eigenvalue weighted by Gasteiger charge is -2.11. The van der Waals surface area contributed by atoms with E-state index in [0.29, 0.717) is 5.89 Å². The lowest BCUT2D eigenvalue weighted by atomic mass is 10.00. The van der Waals surface area contributed by atoms with Crippen LogP contribution in [-0.2, 0) is 6.42 Å². The number of aromatic nitrogens is 1. The van der Waals surface area contributed by atoms with E-state index in [0.717, 1.165) is 28.8 Å². The van der Waals surface area contributed by atoms with E-state index in [2.05, 4.69) is 18.0 Å². The van der Waals surface area contributed by atoms with Crippen molar-refractivity contribution in [1.29, 1.82) is 0 Å². The molecule has 0 atom stereocenters. The molecule has 1 heterocycles. The minimum Gasteiger partial charge on any atom is -0.496 e. The molecule has 0 saturated carbocycles. The fourth-order valence-electron chi connectivity index (χ4n) is 2.92. The Morgan fingerprint density at radius 2 is 1.87 bits per heavy atom. The third kappa shape index (κ3) is 3.39. The molecule has 0 aliphatic rings. The molecule has 3 rings (SSSR count). The molecule has 23 heavy (non-hydrogen) atoms. The predicted molar refractivity (Wildman–Crippen MR) is 93.8 cm³/mol. The third-order valence-corrected chi connectivity index (χ3v) is 4.14. The van der Waals surface area contributed by atoms with E-state index in [9.17, 15) is 0 Å². The summed E-state index contributed by atoms with van der Waals surface area (Å²) in [6.45, 7) is 2.23. The van der Waals surface area contributed by atoms with E-state index in [1.165, 1.54) is 31.2 Å². The van der Waals surface area contributed by atoms with Crippen LogP contribution in [0.15, 0.2) is 46.9 Å². The van der Waals surface area contributed by atoms with E-state index >= 15 is 0 Å². The summed E-state index contributed by atoms with van der Waals surface area (Å²) in [4.78, 5) is 4.65. The van der Waals surface area contributed by atoms with Crippen molar-refractivity contribution < 1.29 is 9.15 Å². The van der Waals surface area contributed by atoms with Gasteiger partial charge in [0.25, 0.3) is 0 Å². The maximum Gasteiger partial charge on any atom is 0.231 e. The molecule has 0 unspecified atom stereocenters. The lowest BCUT2D eigenvalue weighted by molar-refractivity contribution is 0.414. The second kappa shape index (κ2) is 7.32. The van der Waals surface area contributed by atoms with Crippen LogP contribution in [0.4, 0.5) is 0 Å².